The molecular formula is C16H15NO3S. The molecule has 4 nitrogen and oxygen atoms in total. The molecule has 0 amide bonds. The molecule has 0 spiro atoms. The second kappa shape index (κ2) is 6.91. The molecule has 1 unspecified atom stereocenters. The zero-order valence-electron chi connectivity index (χ0n) is 11.8. The van der Waals surface area contributed by atoms with Gasteiger partial charge in [-0.3, -0.25) is 4.21 Å². The van der Waals surface area contributed by atoms with E-state index in [-0.39, 0.29) is 0 Å². The fourth-order valence-corrected chi connectivity index (χ4v) is 3.21. The maximum absolute atomic E-state index is 12.5. The van der Waals surface area contributed by atoms with Gasteiger partial charge >= 0.3 is 0 Å². The molecule has 5 heteroatoms. The predicted octanol–water partition coefficient (Wildman–Crippen LogP) is 2.88. The molecule has 0 fully saturated rings. The van der Waals surface area contributed by atoms with E-state index in [0.29, 0.717) is 27.7 Å². The molecule has 2 rings (SSSR count). The van der Waals surface area contributed by atoms with Gasteiger partial charge in [0.15, 0.2) is 0 Å². The van der Waals surface area contributed by atoms with Gasteiger partial charge in [0.05, 0.1) is 41.2 Å². The molecule has 2 aromatic rings. The third-order valence-corrected chi connectivity index (χ3v) is 4.42. The van der Waals surface area contributed by atoms with E-state index in [4.69, 9.17) is 14.7 Å². The van der Waals surface area contributed by atoms with Crippen LogP contribution in [0.15, 0.2) is 47.4 Å². The van der Waals surface area contributed by atoms with E-state index in [1.165, 1.54) is 7.11 Å². The van der Waals surface area contributed by atoms with Crippen molar-refractivity contribution < 1.29 is 13.7 Å². The molecular weight excluding hydrogens is 286 g/mol. The molecule has 108 valence electrons. The quantitative estimate of drug-likeness (QED) is 0.852. The number of ether oxygens (including phenoxy) is 2. The molecule has 0 bridgehead atoms. The Labute approximate surface area is 126 Å². The topological polar surface area (TPSA) is 59.3 Å². The van der Waals surface area contributed by atoms with Crippen molar-refractivity contribution in [1.29, 1.82) is 5.26 Å². The number of benzene rings is 2. The molecule has 0 saturated heterocycles. The van der Waals surface area contributed by atoms with Crippen molar-refractivity contribution in [2.75, 3.05) is 14.2 Å². The Morgan fingerprint density at radius 1 is 1.10 bits per heavy atom. The van der Waals surface area contributed by atoms with Crippen LogP contribution in [-0.4, -0.2) is 18.4 Å². The molecule has 0 aliphatic rings. The van der Waals surface area contributed by atoms with Gasteiger partial charge in [0.25, 0.3) is 0 Å². The minimum absolute atomic E-state index is 0.318. The summed E-state index contributed by atoms with van der Waals surface area (Å²) in [6.07, 6.45) is 0. The summed E-state index contributed by atoms with van der Waals surface area (Å²) >= 11 is 0. The third-order valence-electron chi connectivity index (χ3n) is 3.00. The van der Waals surface area contributed by atoms with Crippen LogP contribution in [0, 0.1) is 11.3 Å². The summed E-state index contributed by atoms with van der Waals surface area (Å²) in [5.41, 5.74) is 1.25. The van der Waals surface area contributed by atoms with Crippen molar-refractivity contribution in [3.8, 4) is 17.6 Å². The van der Waals surface area contributed by atoms with Gasteiger partial charge in [-0.2, -0.15) is 5.26 Å². The molecule has 21 heavy (non-hydrogen) atoms. The fourth-order valence-electron chi connectivity index (χ4n) is 1.97. The van der Waals surface area contributed by atoms with E-state index >= 15 is 0 Å². The van der Waals surface area contributed by atoms with Crippen LogP contribution < -0.4 is 9.47 Å². The zero-order valence-corrected chi connectivity index (χ0v) is 12.6. The average molecular weight is 301 g/mol. The molecule has 0 saturated carbocycles. The van der Waals surface area contributed by atoms with Gasteiger partial charge in [-0.05, 0) is 29.8 Å². The van der Waals surface area contributed by atoms with E-state index in [1.54, 1.807) is 31.4 Å². The van der Waals surface area contributed by atoms with Crippen LogP contribution in [0.25, 0.3) is 0 Å². The van der Waals surface area contributed by atoms with E-state index in [0.717, 1.165) is 5.56 Å². The van der Waals surface area contributed by atoms with E-state index in [9.17, 15) is 4.21 Å². The van der Waals surface area contributed by atoms with Gasteiger partial charge in [-0.1, -0.05) is 18.2 Å². The van der Waals surface area contributed by atoms with Crippen molar-refractivity contribution in [3.05, 3.63) is 53.6 Å². The molecule has 1 atom stereocenters. The first-order valence-electron chi connectivity index (χ1n) is 6.28. The Balaban J connectivity index is 2.26. The first-order chi connectivity index (χ1) is 10.2. The van der Waals surface area contributed by atoms with E-state index in [1.807, 2.05) is 18.2 Å². The van der Waals surface area contributed by atoms with Gasteiger partial charge in [0.1, 0.15) is 17.6 Å². The van der Waals surface area contributed by atoms with Crippen LogP contribution in [0.1, 0.15) is 11.1 Å². The Kier molecular flexibility index (Phi) is 4.96. The summed E-state index contributed by atoms with van der Waals surface area (Å²) in [6, 6.07) is 14.5. The Hall–Kier alpha value is -2.32. The van der Waals surface area contributed by atoms with Crippen LogP contribution in [0.2, 0.25) is 0 Å². The van der Waals surface area contributed by atoms with Gasteiger partial charge in [-0.15, -0.1) is 0 Å². The molecule has 0 radical (unpaired) electrons. The van der Waals surface area contributed by atoms with Gasteiger partial charge in [0.2, 0.25) is 0 Å². The van der Waals surface area contributed by atoms with Gasteiger partial charge in [-0.25, -0.2) is 0 Å². The Bertz CT molecular complexity index is 707. The van der Waals surface area contributed by atoms with E-state index in [2.05, 4.69) is 6.07 Å². The molecule has 0 N–H and O–H groups in total. The summed E-state index contributed by atoms with van der Waals surface area (Å²) in [6.45, 7) is 0. The van der Waals surface area contributed by atoms with Crippen LogP contribution in [-0.2, 0) is 16.6 Å². The van der Waals surface area contributed by atoms with Crippen molar-refractivity contribution in [1.82, 2.24) is 0 Å². The van der Waals surface area contributed by atoms with Gasteiger partial charge < -0.3 is 9.47 Å². The maximum Gasteiger partial charge on any atom is 0.136 e. The van der Waals surface area contributed by atoms with Crippen molar-refractivity contribution in [2.24, 2.45) is 0 Å². The highest BCUT2D eigenvalue weighted by Gasteiger charge is 2.12. The maximum atomic E-state index is 12.5. The van der Waals surface area contributed by atoms with Crippen LogP contribution in [0.3, 0.4) is 0 Å². The molecule has 0 heterocycles. The fraction of sp³-hybridized carbons (Fsp3) is 0.188. The minimum atomic E-state index is -1.24. The average Bonchev–Trinajstić information content (AvgIpc) is 2.54. The smallest absolute Gasteiger partial charge is 0.136 e. The highest BCUT2D eigenvalue weighted by Crippen LogP contribution is 2.25. The molecule has 0 aliphatic carbocycles. The second-order valence-corrected chi connectivity index (χ2v) is 5.71. The summed E-state index contributed by atoms with van der Waals surface area (Å²) in [7, 11) is 1.83. The van der Waals surface area contributed by atoms with Crippen LogP contribution in [0.5, 0.6) is 11.5 Å². The van der Waals surface area contributed by atoms with Gasteiger partial charge in [0, 0.05) is 0 Å². The van der Waals surface area contributed by atoms with Crippen LogP contribution in [0.4, 0.5) is 0 Å². The molecule has 2 aromatic carbocycles. The lowest BCUT2D eigenvalue weighted by Crippen LogP contribution is -2.00. The SMILES string of the molecule is COc1ccc(CS(=O)c2ccccc2OC)cc1C#N. The standard InChI is InChI=1S/C16H15NO3S/c1-19-14-8-7-12(9-13(14)10-17)11-21(18)16-6-4-3-5-15(16)20-2/h3-9H,11H2,1-2H3. The summed E-state index contributed by atoms with van der Waals surface area (Å²) in [5, 5.41) is 9.08. The number of rotatable bonds is 5. The number of nitrogens with zero attached hydrogens (tertiary/aromatic N) is 1. The highest BCUT2D eigenvalue weighted by atomic mass is 32.2. The normalized spacial score (nSPS) is 11.5. The number of hydrogen-bond donors (Lipinski definition) is 0. The number of hydrogen-bond acceptors (Lipinski definition) is 4. The molecule has 0 aromatic heterocycles. The summed E-state index contributed by atoms with van der Waals surface area (Å²) in [4.78, 5) is 0.648. The monoisotopic (exact) mass is 301 g/mol. The lowest BCUT2D eigenvalue weighted by Gasteiger charge is -2.09. The largest absolute Gasteiger partial charge is 0.495 e. The third kappa shape index (κ3) is 3.41. The lowest BCUT2D eigenvalue weighted by atomic mass is 10.1. The van der Waals surface area contributed by atoms with Crippen molar-refractivity contribution in [2.45, 2.75) is 10.6 Å². The summed E-state index contributed by atoms with van der Waals surface area (Å²) < 4.78 is 22.8. The number of nitriles is 1. The first-order valence-corrected chi connectivity index (χ1v) is 7.60. The first kappa shape index (κ1) is 15.1. The van der Waals surface area contributed by atoms with Crippen LogP contribution >= 0.6 is 0 Å². The number of para-hydroxylation sites is 1. The highest BCUT2D eigenvalue weighted by molar-refractivity contribution is 7.84. The zero-order chi connectivity index (χ0) is 15.2. The summed E-state index contributed by atoms with van der Waals surface area (Å²) in [5.74, 6) is 1.44. The lowest BCUT2D eigenvalue weighted by molar-refractivity contribution is 0.404. The second-order valence-electron chi connectivity index (χ2n) is 4.29. The molecule has 0 aliphatic heterocycles. The Morgan fingerprint density at radius 3 is 2.48 bits per heavy atom. The number of methoxy groups -OCH3 is 2. The van der Waals surface area contributed by atoms with Crippen molar-refractivity contribution in [3.63, 3.8) is 0 Å². The predicted molar refractivity (Wildman–Crippen MR) is 80.8 cm³/mol. The van der Waals surface area contributed by atoms with E-state index < -0.39 is 10.8 Å². The Morgan fingerprint density at radius 2 is 1.81 bits per heavy atom. The minimum Gasteiger partial charge on any atom is -0.495 e. The van der Waals surface area contributed by atoms with Crippen molar-refractivity contribution >= 4 is 10.8 Å².